The van der Waals surface area contributed by atoms with Crippen LogP contribution in [0.1, 0.15) is 5.56 Å². The number of aromatic nitrogens is 1. The minimum absolute atomic E-state index is 0.0739. The van der Waals surface area contributed by atoms with Gasteiger partial charge < -0.3 is 0 Å². The van der Waals surface area contributed by atoms with Crippen LogP contribution in [0.5, 0.6) is 0 Å². The van der Waals surface area contributed by atoms with E-state index in [-0.39, 0.29) is 16.3 Å². The molecule has 1 heterocycles. The number of halogens is 1. The lowest BCUT2D eigenvalue weighted by Gasteiger charge is -1.99. The summed E-state index contributed by atoms with van der Waals surface area (Å²) in [5.74, 6) is 0. The first-order valence-electron chi connectivity index (χ1n) is 5.05. The van der Waals surface area contributed by atoms with Gasteiger partial charge in [0.15, 0.2) is 0 Å². The number of pyridine rings is 1. The SMILES string of the molecule is O=[N+]([O-])c1cccc(Cl)c1C=Nc1cccnc1. The van der Waals surface area contributed by atoms with Crippen LogP contribution in [-0.4, -0.2) is 16.1 Å². The van der Waals surface area contributed by atoms with Crippen LogP contribution < -0.4 is 0 Å². The van der Waals surface area contributed by atoms with Crippen molar-refractivity contribution in [2.24, 2.45) is 4.99 Å². The van der Waals surface area contributed by atoms with E-state index in [2.05, 4.69) is 9.98 Å². The molecular formula is C12H8ClN3O2. The second-order valence-electron chi connectivity index (χ2n) is 3.40. The van der Waals surface area contributed by atoms with Gasteiger partial charge in [0.05, 0.1) is 27.4 Å². The number of benzene rings is 1. The fourth-order valence-electron chi connectivity index (χ4n) is 1.38. The van der Waals surface area contributed by atoms with Gasteiger partial charge in [-0.05, 0) is 18.2 Å². The van der Waals surface area contributed by atoms with Gasteiger partial charge in [0.25, 0.3) is 5.69 Å². The summed E-state index contributed by atoms with van der Waals surface area (Å²) in [7, 11) is 0. The van der Waals surface area contributed by atoms with Crippen LogP contribution in [0.4, 0.5) is 11.4 Å². The minimum atomic E-state index is -0.490. The molecule has 0 saturated carbocycles. The van der Waals surface area contributed by atoms with E-state index in [1.54, 1.807) is 30.6 Å². The van der Waals surface area contributed by atoms with Crippen molar-refractivity contribution in [3.8, 4) is 0 Å². The first-order chi connectivity index (χ1) is 8.68. The van der Waals surface area contributed by atoms with E-state index in [0.29, 0.717) is 5.69 Å². The number of nitrogens with zero attached hydrogens (tertiary/aromatic N) is 3. The first-order valence-corrected chi connectivity index (χ1v) is 5.43. The largest absolute Gasteiger partial charge is 0.279 e. The van der Waals surface area contributed by atoms with Crippen LogP contribution in [0.2, 0.25) is 5.02 Å². The van der Waals surface area contributed by atoms with Gasteiger partial charge in [0.1, 0.15) is 0 Å². The summed E-state index contributed by atoms with van der Waals surface area (Å²) in [6.07, 6.45) is 4.55. The van der Waals surface area contributed by atoms with Crippen LogP contribution in [0.15, 0.2) is 47.7 Å². The van der Waals surface area contributed by atoms with Crippen LogP contribution in [-0.2, 0) is 0 Å². The third-order valence-corrected chi connectivity index (χ3v) is 2.54. The van der Waals surface area contributed by atoms with E-state index in [9.17, 15) is 10.1 Å². The third-order valence-electron chi connectivity index (χ3n) is 2.22. The van der Waals surface area contributed by atoms with E-state index in [4.69, 9.17) is 11.6 Å². The van der Waals surface area contributed by atoms with Gasteiger partial charge >= 0.3 is 0 Å². The molecule has 0 atom stereocenters. The van der Waals surface area contributed by atoms with E-state index < -0.39 is 4.92 Å². The summed E-state index contributed by atoms with van der Waals surface area (Å²) in [5, 5.41) is 11.1. The van der Waals surface area contributed by atoms with Gasteiger partial charge in [-0.1, -0.05) is 17.7 Å². The zero-order valence-electron chi connectivity index (χ0n) is 9.15. The lowest BCUT2D eigenvalue weighted by molar-refractivity contribution is -0.385. The summed E-state index contributed by atoms with van der Waals surface area (Å²) < 4.78 is 0. The Labute approximate surface area is 108 Å². The number of nitro groups is 1. The molecule has 0 spiro atoms. The number of aliphatic imine (C=N–C) groups is 1. The molecule has 2 rings (SSSR count). The van der Waals surface area contributed by atoms with Crippen molar-refractivity contribution in [2.45, 2.75) is 0 Å². The summed E-state index contributed by atoms with van der Waals surface area (Å²) in [5.41, 5.74) is 0.815. The van der Waals surface area contributed by atoms with Gasteiger partial charge in [-0.25, -0.2) is 0 Å². The molecule has 90 valence electrons. The van der Waals surface area contributed by atoms with Crippen molar-refractivity contribution in [1.29, 1.82) is 0 Å². The molecule has 0 aliphatic heterocycles. The molecule has 0 N–H and O–H groups in total. The predicted octanol–water partition coefficient (Wildman–Crippen LogP) is 3.39. The second-order valence-corrected chi connectivity index (χ2v) is 3.81. The zero-order valence-corrected chi connectivity index (χ0v) is 9.91. The summed E-state index contributed by atoms with van der Waals surface area (Å²) in [6, 6.07) is 7.97. The molecule has 18 heavy (non-hydrogen) atoms. The minimum Gasteiger partial charge on any atom is -0.262 e. The topological polar surface area (TPSA) is 68.4 Å². The maximum atomic E-state index is 10.9. The number of hydrogen-bond donors (Lipinski definition) is 0. The molecule has 0 bridgehead atoms. The van der Waals surface area contributed by atoms with Gasteiger partial charge in [-0.15, -0.1) is 0 Å². The maximum Gasteiger partial charge on any atom is 0.279 e. The van der Waals surface area contributed by atoms with Gasteiger partial charge in [-0.2, -0.15) is 0 Å². The van der Waals surface area contributed by atoms with Crippen LogP contribution in [0, 0.1) is 10.1 Å². The quantitative estimate of drug-likeness (QED) is 0.483. The molecule has 6 heteroatoms. The third kappa shape index (κ3) is 2.70. The molecule has 0 amide bonds. The molecule has 0 aliphatic carbocycles. The molecule has 0 saturated heterocycles. The highest BCUT2D eigenvalue weighted by Crippen LogP contribution is 2.25. The highest BCUT2D eigenvalue weighted by atomic mass is 35.5. The van der Waals surface area contributed by atoms with Crippen molar-refractivity contribution in [3.05, 3.63) is 63.4 Å². The van der Waals surface area contributed by atoms with Crippen LogP contribution >= 0.6 is 11.6 Å². The molecule has 0 unspecified atom stereocenters. The maximum absolute atomic E-state index is 10.9. The normalized spacial score (nSPS) is 10.7. The van der Waals surface area contributed by atoms with Gasteiger partial charge in [0.2, 0.25) is 0 Å². The highest BCUT2D eigenvalue weighted by Gasteiger charge is 2.14. The van der Waals surface area contributed by atoms with Crippen molar-refractivity contribution >= 4 is 29.2 Å². The van der Waals surface area contributed by atoms with Crippen molar-refractivity contribution in [2.75, 3.05) is 0 Å². The molecule has 0 radical (unpaired) electrons. The average molecular weight is 262 g/mol. The van der Waals surface area contributed by atoms with Crippen molar-refractivity contribution < 1.29 is 4.92 Å². The smallest absolute Gasteiger partial charge is 0.262 e. The second kappa shape index (κ2) is 5.37. The molecular weight excluding hydrogens is 254 g/mol. The molecule has 0 aliphatic rings. The number of rotatable bonds is 3. The predicted molar refractivity (Wildman–Crippen MR) is 69.6 cm³/mol. The molecule has 5 nitrogen and oxygen atoms in total. The van der Waals surface area contributed by atoms with E-state index in [1.807, 2.05) is 0 Å². The fraction of sp³-hybridized carbons (Fsp3) is 0. The van der Waals surface area contributed by atoms with Gasteiger partial charge in [0, 0.05) is 18.5 Å². The highest BCUT2D eigenvalue weighted by molar-refractivity contribution is 6.33. The molecule has 0 fully saturated rings. The first kappa shape index (κ1) is 12.2. The zero-order chi connectivity index (χ0) is 13.0. The summed E-state index contributed by atoms with van der Waals surface area (Å²) in [4.78, 5) is 18.4. The van der Waals surface area contributed by atoms with E-state index in [1.165, 1.54) is 18.3 Å². The lowest BCUT2D eigenvalue weighted by Crippen LogP contribution is -1.95. The Kier molecular flexibility index (Phi) is 3.64. The standard InChI is InChI=1S/C12H8ClN3O2/c13-11-4-1-5-12(16(17)18)10(11)8-15-9-3-2-6-14-7-9/h1-8H. The van der Waals surface area contributed by atoms with Crippen LogP contribution in [0.25, 0.3) is 0 Å². The molecule has 1 aromatic carbocycles. The average Bonchev–Trinajstić information content (AvgIpc) is 2.38. The lowest BCUT2D eigenvalue weighted by atomic mass is 10.2. The van der Waals surface area contributed by atoms with Crippen LogP contribution in [0.3, 0.4) is 0 Å². The molecule has 1 aromatic heterocycles. The van der Waals surface area contributed by atoms with Crippen molar-refractivity contribution in [3.63, 3.8) is 0 Å². The monoisotopic (exact) mass is 261 g/mol. The van der Waals surface area contributed by atoms with Crippen molar-refractivity contribution in [1.82, 2.24) is 4.98 Å². The Balaban J connectivity index is 2.40. The summed E-state index contributed by atoms with van der Waals surface area (Å²) in [6.45, 7) is 0. The molecule has 2 aromatic rings. The Bertz CT molecular complexity index is 600. The summed E-state index contributed by atoms with van der Waals surface area (Å²) >= 11 is 5.93. The number of nitro benzene ring substituents is 1. The van der Waals surface area contributed by atoms with E-state index >= 15 is 0 Å². The Morgan fingerprint density at radius 1 is 1.33 bits per heavy atom. The Morgan fingerprint density at radius 2 is 2.17 bits per heavy atom. The van der Waals surface area contributed by atoms with E-state index in [0.717, 1.165) is 0 Å². The fourth-order valence-corrected chi connectivity index (χ4v) is 1.60. The Hall–Kier alpha value is -2.27. The van der Waals surface area contributed by atoms with Gasteiger partial charge in [-0.3, -0.25) is 20.1 Å². The Morgan fingerprint density at radius 3 is 2.83 bits per heavy atom. The number of hydrogen-bond acceptors (Lipinski definition) is 4.